The Labute approximate surface area is 172 Å². The number of rotatable bonds is 5. The normalized spacial score (nSPS) is 17.0. The number of carbonyl (C=O) groups excluding carboxylic acids is 1. The first kappa shape index (κ1) is 22.1. The first-order chi connectivity index (χ1) is 14.0. The molecule has 2 N–H and O–H groups in total. The quantitative estimate of drug-likeness (QED) is 0.747. The van der Waals surface area contributed by atoms with Crippen LogP contribution >= 0.6 is 0 Å². The van der Waals surface area contributed by atoms with Crippen LogP contribution < -0.4 is 10.6 Å². The van der Waals surface area contributed by atoms with Crippen molar-refractivity contribution in [1.82, 2.24) is 24.9 Å². The summed E-state index contributed by atoms with van der Waals surface area (Å²) in [5.41, 5.74) is -1.69. The molecule has 0 radical (unpaired) electrons. The average Bonchev–Trinajstić information content (AvgIpc) is 3.12. The molecule has 3 rings (SSSR count). The van der Waals surface area contributed by atoms with E-state index in [-0.39, 0.29) is 30.1 Å². The van der Waals surface area contributed by atoms with Gasteiger partial charge in [-0.1, -0.05) is 19.3 Å². The van der Waals surface area contributed by atoms with Crippen molar-refractivity contribution in [3.05, 3.63) is 18.1 Å². The average molecular weight is 428 g/mol. The lowest BCUT2D eigenvalue weighted by Gasteiger charge is -2.32. The highest BCUT2D eigenvalue weighted by atomic mass is 19.4. The standard InChI is InChI=1S/C19H27F3N6O2/c1-18(2,3)30-17(29)23-10-13(12-7-5-4-6-8-12)26-15-9-14(19(20,21)22)27-16-24-11-25-28(15)16/h9,11-13,26H,4-8,10H2,1-3H3,(H,23,29). The number of alkyl halides is 3. The number of carbonyl (C=O) groups is 1. The van der Waals surface area contributed by atoms with Crippen LogP contribution in [0.4, 0.5) is 23.8 Å². The monoisotopic (exact) mass is 428 g/mol. The molecule has 30 heavy (non-hydrogen) atoms. The Bertz CT molecular complexity index is 871. The highest BCUT2D eigenvalue weighted by Gasteiger charge is 2.35. The van der Waals surface area contributed by atoms with Gasteiger partial charge in [0, 0.05) is 18.7 Å². The maximum absolute atomic E-state index is 13.3. The molecule has 166 valence electrons. The summed E-state index contributed by atoms with van der Waals surface area (Å²) in [5.74, 6) is 0.177. The van der Waals surface area contributed by atoms with Crippen LogP contribution in [0.5, 0.6) is 0 Å². The second-order valence-corrected chi connectivity index (χ2v) is 8.53. The third-order valence-corrected chi connectivity index (χ3v) is 4.96. The van der Waals surface area contributed by atoms with Crippen LogP contribution in [0.3, 0.4) is 0 Å². The Morgan fingerprint density at radius 2 is 1.97 bits per heavy atom. The van der Waals surface area contributed by atoms with Gasteiger partial charge in [-0.15, -0.1) is 0 Å². The number of hydrogen-bond acceptors (Lipinski definition) is 6. The summed E-state index contributed by atoms with van der Waals surface area (Å²) in [7, 11) is 0. The first-order valence-corrected chi connectivity index (χ1v) is 10.0. The molecule has 1 saturated carbocycles. The van der Waals surface area contributed by atoms with Crippen molar-refractivity contribution in [2.24, 2.45) is 5.92 Å². The van der Waals surface area contributed by atoms with Crippen molar-refractivity contribution < 1.29 is 22.7 Å². The molecule has 0 bridgehead atoms. The van der Waals surface area contributed by atoms with E-state index >= 15 is 0 Å². The van der Waals surface area contributed by atoms with Gasteiger partial charge in [0.15, 0.2) is 5.69 Å². The Morgan fingerprint density at radius 3 is 2.60 bits per heavy atom. The molecule has 1 aliphatic rings. The molecule has 2 heterocycles. The summed E-state index contributed by atoms with van der Waals surface area (Å²) in [5, 5.41) is 9.88. The number of halogens is 3. The van der Waals surface area contributed by atoms with Gasteiger partial charge in [-0.2, -0.15) is 27.8 Å². The van der Waals surface area contributed by atoms with Crippen molar-refractivity contribution in [2.45, 2.75) is 70.7 Å². The van der Waals surface area contributed by atoms with Gasteiger partial charge in [0.1, 0.15) is 17.7 Å². The van der Waals surface area contributed by atoms with Crippen molar-refractivity contribution in [2.75, 3.05) is 11.9 Å². The van der Waals surface area contributed by atoms with Crippen LogP contribution in [-0.4, -0.2) is 43.9 Å². The van der Waals surface area contributed by atoms with Gasteiger partial charge in [-0.25, -0.2) is 9.78 Å². The molecule has 1 unspecified atom stereocenters. The van der Waals surface area contributed by atoms with Crippen LogP contribution in [0.15, 0.2) is 12.4 Å². The minimum absolute atomic E-state index is 0.131. The number of aromatic nitrogens is 4. The second kappa shape index (κ2) is 8.65. The van der Waals surface area contributed by atoms with Gasteiger partial charge in [-0.3, -0.25) is 0 Å². The predicted molar refractivity (Wildman–Crippen MR) is 104 cm³/mol. The van der Waals surface area contributed by atoms with Gasteiger partial charge in [0.05, 0.1) is 0 Å². The van der Waals surface area contributed by atoms with E-state index in [4.69, 9.17) is 4.74 Å². The van der Waals surface area contributed by atoms with Gasteiger partial charge in [0.2, 0.25) is 0 Å². The zero-order valence-corrected chi connectivity index (χ0v) is 17.3. The van der Waals surface area contributed by atoms with Crippen molar-refractivity contribution in [3.8, 4) is 0 Å². The lowest BCUT2D eigenvalue weighted by molar-refractivity contribution is -0.141. The van der Waals surface area contributed by atoms with E-state index in [1.54, 1.807) is 20.8 Å². The fourth-order valence-electron chi connectivity index (χ4n) is 3.63. The third kappa shape index (κ3) is 5.73. The molecule has 2 aromatic rings. The number of nitrogens with one attached hydrogen (secondary N) is 2. The molecule has 0 saturated heterocycles. The maximum Gasteiger partial charge on any atom is 0.433 e. The number of ether oxygens (including phenoxy) is 1. The number of anilines is 1. The molecule has 1 atom stereocenters. The van der Waals surface area contributed by atoms with E-state index in [1.807, 2.05) is 0 Å². The number of alkyl carbamates (subject to hydrolysis) is 1. The maximum atomic E-state index is 13.3. The highest BCUT2D eigenvalue weighted by molar-refractivity contribution is 5.67. The molecule has 0 aliphatic heterocycles. The fraction of sp³-hybridized carbons (Fsp3) is 0.684. The SMILES string of the molecule is CC(C)(C)OC(=O)NCC(Nc1cc(C(F)(F)F)nc2ncnn12)C1CCCCC1. The number of hydrogen-bond donors (Lipinski definition) is 2. The van der Waals surface area contributed by atoms with E-state index in [0.717, 1.165) is 44.5 Å². The van der Waals surface area contributed by atoms with E-state index in [2.05, 4.69) is 25.7 Å². The lowest BCUT2D eigenvalue weighted by Crippen LogP contribution is -2.44. The van der Waals surface area contributed by atoms with Gasteiger partial charge >= 0.3 is 12.3 Å². The summed E-state index contributed by atoms with van der Waals surface area (Å²) in [6, 6.07) is 0.624. The van der Waals surface area contributed by atoms with Gasteiger partial charge in [-0.05, 0) is 39.5 Å². The molecule has 1 fully saturated rings. The van der Waals surface area contributed by atoms with Crippen molar-refractivity contribution in [3.63, 3.8) is 0 Å². The van der Waals surface area contributed by atoms with Crippen LogP contribution in [0.2, 0.25) is 0 Å². The summed E-state index contributed by atoms with van der Waals surface area (Å²) in [6.45, 7) is 5.50. The van der Waals surface area contributed by atoms with Gasteiger partial charge in [0.25, 0.3) is 5.78 Å². The zero-order valence-electron chi connectivity index (χ0n) is 17.3. The Kier molecular flexibility index (Phi) is 6.37. The second-order valence-electron chi connectivity index (χ2n) is 8.53. The zero-order chi connectivity index (χ0) is 21.9. The number of nitrogens with zero attached hydrogens (tertiary/aromatic N) is 4. The third-order valence-electron chi connectivity index (χ3n) is 4.96. The van der Waals surface area contributed by atoms with Crippen molar-refractivity contribution in [1.29, 1.82) is 0 Å². The molecule has 1 amide bonds. The van der Waals surface area contributed by atoms with Crippen molar-refractivity contribution >= 4 is 17.7 Å². The Morgan fingerprint density at radius 1 is 1.27 bits per heavy atom. The summed E-state index contributed by atoms with van der Waals surface area (Å²) in [4.78, 5) is 19.4. The van der Waals surface area contributed by atoms with E-state index in [1.165, 1.54) is 4.52 Å². The molecule has 11 heteroatoms. The minimum Gasteiger partial charge on any atom is -0.444 e. The largest absolute Gasteiger partial charge is 0.444 e. The molecule has 1 aliphatic carbocycles. The van der Waals surface area contributed by atoms with Crippen LogP contribution in [0, 0.1) is 5.92 Å². The molecular weight excluding hydrogens is 401 g/mol. The summed E-state index contributed by atoms with van der Waals surface area (Å²) < 4.78 is 46.4. The molecule has 0 spiro atoms. The van der Waals surface area contributed by atoms with E-state index in [0.29, 0.717) is 0 Å². The molecule has 0 aromatic carbocycles. The Hall–Kier alpha value is -2.59. The van der Waals surface area contributed by atoms with Gasteiger partial charge < -0.3 is 15.4 Å². The fourth-order valence-corrected chi connectivity index (χ4v) is 3.63. The van der Waals surface area contributed by atoms with E-state index in [9.17, 15) is 18.0 Å². The topological polar surface area (TPSA) is 93.4 Å². The van der Waals surface area contributed by atoms with E-state index < -0.39 is 23.6 Å². The number of fused-ring (bicyclic) bond motifs is 1. The molecular formula is C19H27F3N6O2. The minimum atomic E-state index is -4.61. The highest BCUT2D eigenvalue weighted by Crippen LogP contribution is 2.31. The first-order valence-electron chi connectivity index (χ1n) is 10.0. The van der Waals surface area contributed by atoms with Crippen LogP contribution in [-0.2, 0) is 10.9 Å². The number of amides is 1. The summed E-state index contributed by atoms with van der Waals surface area (Å²) >= 11 is 0. The smallest absolute Gasteiger partial charge is 0.433 e. The molecule has 8 nitrogen and oxygen atoms in total. The summed E-state index contributed by atoms with van der Waals surface area (Å²) in [6.07, 6.45) is 1.03. The van der Waals surface area contributed by atoms with Crippen LogP contribution in [0.25, 0.3) is 5.78 Å². The lowest BCUT2D eigenvalue weighted by atomic mass is 9.84. The predicted octanol–water partition coefficient (Wildman–Crippen LogP) is 4.03. The van der Waals surface area contributed by atoms with Crippen LogP contribution in [0.1, 0.15) is 58.6 Å². The Balaban J connectivity index is 1.83. The molecule has 2 aromatic heterocycles.